The van der Waals surface area contributed by atoms with Crippen LogP contribution < -0.4 is 4.90 Å². The quantitative estimate of drug-likeness (QED) is 0.705. The molecule has 0 aromatic carbocycles. The minimum Gasteiger partial charge on any atom is -0.353 e. The molecule has 0 spiro atoms. The predicted molar refractivity (Wildman–Crippen MR) is 95.1 cm³/mol. The lowest BCUT2D eigenvalue weighted by Crippen LogP contribution is -2.49. The van der Waals surface area contributed by atoms with Crippen molar-refractivity contribution < 1.29 is 4.79 Å². The summed E-state index contributed by atoms with van der Waals surface area (Å²) in [4.78, 5) is 30.3. The smallest absolute Gasteiger partial charge is 0.265 e. The highest BCUT2D eigenvalue weighted by atomic mass is 32.1. The molecule has 8 nitrogen and oxygen atoms in total. The van der Waals surface area contributed by atoms with Crippen molar-refractivity contribution in [3.05, 3.63) is 34.2 Å². The molecule has 1 fully saturated rings. The third-order valence-electron chi connectivity index (χ3n) is 4.32. The highest BCUT2D eigenvalue weighted by Gasteiger charge is 2.25. The second-order valence-electron chi connectivity index (χ2n) is 5.98. The van der Waals surface area contributed by atoms with Gasteiger partial charge in [-0.15, -0.1) is 11.3 Å². The van der Waals surface area contributed by atoms with Crippen molar-refractivity contribution in [1.82, 2.24) is 29.5 Å². The molecule has 4 heterocycles. The fourth-order valence-corrected chi connectivity index (χ4v) is 3.83. The number of carbonyl (C=O) groups excluding carboxylic acids is 1. The molecule has 3 aromatic rings. The Balaban J connectivity index is 1.49. The average Bonchev–Trinajstić information content (AvgIpc) is 3.29. The number of aryl methyl sites for hydroxylation is 2. The van der Waals surface area contributed by atoms with Crippen LogP contribution in [-0.2, 0) is 6.42 Å². The third-order valence-corrected chi connectivity index (χ3v) is 5.45. The van der Waals surface area contributed by atoms with Crippen molar-refractivity contribution in [2.45, 2.75) is 20.3 Å². The molecule has 1 aliphatic heterocycles. The van der Waals surface area contributed by atoms with Crippen LogP contribution in [0.15, 0.2) is 18.6 Å². The molecule has 1 aliphatic rings. The Morgan fingerprint density at radius 2 is 2.04 bits per heavy atom. The zero-order chi connectivity index (χ0) is 17.4. The summed E-state index contributed by atoms with van der Waals surface area (Å²) in [6, 6.07) is 2.01. The van der Waals surface area contributed by atoms with Crippen molar-refractivity contribution in [3.8, 4) is 0 Å². The summed E-state index contributed by atoms with van der Waals surface area (Å²) in [5.74, 6) is 1.65. The number of thiazole rings is 1. The molecule has 25 heavy (non-hydrogen) atoms. The number of anilines is 1. The number of aromatic nitrogens is 5. The number of fused-ring (bicyclic) bond motifs is 1. The Hall–Kier alpha value is -2.55. The van der Waals surface area contributed by atoms with Gasteiger partial charge in [0.05, 0.1) is 11.2 Å². The molecule has 0 bridgehead atoms. The molecular weight excluding hydrogens is 338 g/mol. The van der Waals surface area contributed by atoms with E-state index in [0.717, 1.165) is 40.9 Å². The number of hydrogen-bond acceptors (Lipinski definition) is 7. The van der Waals surface area contributed by atoms with Gasteiger partial charge in [0.2, 0.25) is 0 Å². The van der Waals surface area contributed by atoms with Crippen molar-refractivity contribution in [1.29, 1.82) is 0 Å². The first-order valence-corrected chi connectivity index (χ1v) is 9.13. The highest BCUT2D eigenvalue weighted by molar-refractivity contribution is 7.13. The van der Waals surface area contributed by atoms with Crippen LogP contribution in [0.1, 0.15) is 27.3 Å². The SMILES string of the molecule is CCc1ncc(C(=O)N2CCN(c3cc(C)nc4ncnn34)CC2)s1. The topological polar surface area (TPSA) is 79.5 Å². The van der Waals surface area contributed by atoms with Crippen molar-refractivity contribution in [2.75, 3.05) is 31.1 Å². The van der Waals surface area contributed by atoms with E-state index in [4.69, 9.17) is 0 Å². The van der Waals surface area contributed by atoms with E-state index in [0.29, 0.717) is 18.9 Å². The number of carbonyl (C=O) groups is 1. The average molecular weight is 357 g/mol. The lowest BCUT2D eigenvalue weighted by Gasteiger charge is -2.35. The Kier molecular flexibility index (Phi) is 4.08. The van der Waals surface area contributed by atoms with Crippen LogP contribution in [0.5, 0.6) is 0 Å². The molecule has 1 amide bonds. The molecule has 1 saturated heterocycles. The zero-order valence-electron chi connectivity index (χ0n) is 14.2. The lowest BCUT2D eigenvalue weighted by atomic mass is 10.3. The Labute approximate surface area is 149 Å². The van der Waals surface area contributed by atoms with Crippen LogP contribution in [0.25, 0.3) is 5.78 Å². The number of hydrogen-bond donors (Lipinski definition) is 0. The molecular formula is C16H19N7OS. The fraction of sp³-hybridized carbons (Fsp3) is 0.438. The number of piperazine rings is 1. The monoisotopic (exact) mass is 357 g/mol. The van der Waals surface area contributed by atoms with Crippen molar-refractivity contribution >= 4 is 28.8 Å². The molecule has 0 aliphatic carbocycles. The number of nitrogens with zero attached hydrogens (tertiary/aromatic N) is 7. The summed E-state index contributed by atoms with van der Waals surface area (Å²) in [6.45, 7) is 6.86. The standard InChI is InChI=1S/C16H19N7OS/c1-3-13-17-9-12(25-13)15(24)22-6-4-21(5-7-22)14-8-11(2)20-16-18-10-19-23(14)16/h8-10H,3-7H2,1-2H3. The summed E-state index contributed by atoms with van der Waals surface area (Å²) in [6.07, 6.45) is 4.07. The van der Waals surface area contributed by atoms with Crippen molar-refractivity contribution in [3.63, 3.8) is 0 Å². The van der Waals surface area contributed by atoms with E-state index in [2.05, 4.69) is 25.0 Å². The first kappa shape index (κ1) is 15.9. The first-order valence-electron chi connectivity index (χ1n) is 8.32. The Morgan fingerprint density at radius 3 is 2.76 bits per heavy atom. The van der Waals surface area contributed by atoms with Crippen LogP contribution in [0.2, 0.25) is 0 Å². The molecule has 3 aromatic heterocycles. The van der Waals surface area contributed by atoms with Gasteiger partial charge < -0.3 is 9.80 Å². The Bertz CT molecular complexity index is 910. The molecule has 4 rings (SSSR count). The second-order valence-corrected chi connectivity index (χ2v) is 7.09. The largest absolute Gasteiger partial charge is 0.353 e. The summed E-state index contributed by atoms with van der Waals surface area (Å²) in [5, 5.41) is 5.27. The van der Waals surface area contributed by atoms with E-state index in [1.807, 2.05) is 24.8 Å². The van der Waals surface area contributed by atoms with Crippen LogP contribution in [0, 0.1) is 6.92 Å². The van der Waals surface area contributed by atoms with Gasteiger partial charge in [-0.1, -0.05) is 6.92 Å². The first-order chi connectivity index (χ1) is 12.2. The third kappa shape index (κ3) is 2.95. The van der Waals surface area contributed by atoms with Gasteiger partial charge in [0, 0.05) is 37.9 Å². The molecule has 0 atom stereocenters. The van der Waals surface area contributed by atoms with Crippen LogP contribution in [-0.4, -0.2) is 61.6 Å². The highest BCUT2D eigenvalue weighted by Crippen LogP contribution is 2.20. The summed E-state index contributed by atoms with van der Waals surface area (Å²) < 4.78 is 1.75. The maximum atomic E-state index is 12.6. The predicted octanol–water partition coefficient (Wildman–Crippen LogP) is 1.41. The van der Waals surface area contributed by atoms with Gasteiger partial charge in [0.25, 0.3) is 11.7 Å². The molecule has 0 unspecified atom stereocenters. The maximum Gasteiger partial charge on any atom is 0.265 e. The van der Waals surface area contributed by atoms with Gasteiger partial charge in [-0.25, -0.2) is 9.97 Å². The Morgan fingerprint density at radius 1 is 1.24 bits per heavy atom. The van der Waals surface area contributed by atoms with E-state index in [9.17, 15) is 4.79 Å². The second kappa shape index (κ2) is 6.40. The normalized spacial score (nSPS) is 15.1. The van der Waals surface area contributed by atoms with Gasteiger partial charge in [0.15, 0.2) is 0 Å². The fourth-order valence-electron chi connectivity index (χ4n) is 3.00. The summed E-state index contributed by atoms with van der Waals surface area (Å²) >= 11 is 1.49. The van der Waals surface area contributed by atoms with E-state index in [1.54, 1.807) is 10.7 Å². The van der Waals surface area contributed by atoms with Crippen LogP contribution >= 0.6 is 11.3 Å². The van der Waals surface area contributed by atoms with E-state index in [-0.39, 0.29) is 5.91 Å². The van der Waals surface area contributed by atoms with E-state index < -0.39 is 0 Å². The minimum atomic E-state index is 0.0775. The summed E-state index contributed by atoms with van der Waals surface area (Å²) in [5.41, 5.74) is 0.908. The molecule has 0 radical (unpaired) electrons. The maximum absolute atomic E-state index is 12.6. The molecule has 9 heteroatoms. The number of amides is 1. The van der Waals surface area contributed by atoms with E-state index >= 15 is 0 Å². The van der Waals surface area contributed by atoms with E-state index in [1.165, 1.54) is 17.7 Å². The van der Waals surface area contributed by atoms with Crippen molar-refractivity contribution in [2.24, 2.45) is 0 Å². The zero-order valence-corrected chi connectivity index (χ0v) is 15.0. The van der Waals surface area contributed by atoms with Gasteiger partial charge in [0.1, 0.15) is 17.0 Å². The minimum absolute atomic E-state index is 0.0775. The summed E-state index contributed by atoms with van der Waals surface area (Å²) in [7, 11) is 0. The van der Waals surface area contributed by atoms with Gasteiger partial charge >= 0.3 is 0 Å². The van der Waals surface area contributed by atoms with Gasteiger partial charge in [-0.3, -0.25) is 4.79 Å². The lowest BCUT2D eigenvalue weighted by molar-refractivity contribution is 0.0751. The molecule has 130 valence electrons. The number of rotatable bonds is 3. The van der Waals surface area contributed by atoms with Gasteiger partial charge in [-0.2, -0.15) is 14.6 Å². The van der Waals surface area contributed by atoms with Crippen LogP contribution in [0.4, 0.5) is 5.82 Å². The van der Waals surface area contributed by atoms with Gasteiger partial charge in [-0.05, 0) is 13.3 Å². The molecule has 0 saturated carbocycles. The molecule has 0 N–H and O–H groups in total. The van der Waals surface area contributed by atoms with Crippen LogP contribution in [0.3, 0.4) is 0 Å².